The Hall–Kier alpha value is -3.89. The molecule has 1 aliphatic heterocycles. The standard InChI is InChI=1S/C22H22F3N7O/c23-22(24,25)14-10-19(27)29-11-13(14)16-5-4-15(26)20(30-16)21(33)31-17-12-28-7-6-18(17)32-8-2-1-3-9-32/h4-7,10-12H,1-3,8-9,26H2,(H2,27,29)(H,31,33). The van der Waals surface area contributed by atoms with E-state index in [1.165, 1.54) is 18.3 Å². The molecule has 11 heteroatoms. The second-order valence-electron chi connectivity index (χ2n) is 7.68. The fraction of sp³-hybridized carbons (Fsp3) is 0.273. The maximum Gasteiger partial charge on any atom is 0.417 e. The van der Waals surface area contributed by atoms with Gasteiger partial charge in [-0.1, -0.05) is 0 Å². The number of nitrogens with two attached hydrogens (primary N) is 2. The first-order valence-electron chi connectivity index (χ1n) is 10.3. The smallest absolute Gasteiger partial charge is 0.397 e. The first-order chi connectivity index (χ1) is 15.7. The number of piperidine rings is 1. The Kier molecular flexibility index (Phi) is 6.03. The third-order valence-corrected chi connectivity index (χ3v) is 5.39. The van der Waals surface area contributed by atoms with Crippen LogP contribution < -0.4 is 21.7 Å². The van der Waals surface area contributed by atoms with Gasteiger partial charge in [0, 0.05) is 31.0 Å². The molecular formula is C22H22F3N7O. The minimum atomic E-state index is -4.68. The SMILES string of the molecule is Nc1cc(C(F)(F)F)c(-c2ccc(N)c(C(=O)Nc3cnccc3N3CCCCC3)n2)cn1. The number of anilines is 4. The van der Waals surface area contributed by atoms with E-state index in [2.05, 4.69) is 25.2 Å². The summed E-state index contributed by atoms with van der Waals surface area (Å²) < 4.78 is 40.6. The average molecular weight is 457 g/mol. The van der Waals surface area contributed by atoms with Gasteiger partial charge in [0.15, 0.2) is 5.69 Å². The molecule has 1 fully saturated rings. The van der Waals surface area contributed by atoms with Crippen LogP contribution in [0.1, 0.15) is 35.3 Å². The van der Waals surface area contributed by atoms with E-state index >= 15 is 0 Å². The van der Waals surface area contributed by atoms with E-state index in [0.29, 0.717) is 5.69 Å². The molecule has 1 amide bonds. The maximum atomic E-state index is 13.5. The molecule has 33 heavy (non-hydrogen) atoms. The quantitative estimate of drug-likeness (QED) is 0.542. The maximum absolute atomic E-state index is 13.5. The predicted octanol–water partition coefficient (Wildman–Crippen LogP) is 3.96. The van der Waals surface area contributed by atoms with Gasteiger partial charge in [0.25, 0.3) is 5.91 Å². The molecule has 0 atom stereocenters. The Balaban J connectivity index is 1.67. The predicted molar refractivity (Wildman–Crippen MR) is 120 cm³/mol. The molecular weight excluding hydrogens is 435 g/mol. The van der Waals surface area contributed by atoms with Crippen LogP contribution in [0.15, 0.2) is 42.9 Å². The summed E-state index contributed by atoms with van der Waals surface area (Å²) in [6, 6.07) is 5.18. The fourth-order valence-electron chi connectivity index (χ4n) is 3.79. The van der Waals surface area contributed by atoms with Gasteiger partial charge in [0.1, 0.15) is 5.82 Å². The molecule has 0 aromatic carbocycles. The Bertz CT molecular complexity index is 1180. The minimum absolute atomic E-state index is 0.0247. The monoisotopic (exact) mass is 457 g/mol. The highest BCUT2D eigenvalue weighted by Gasteiger charge is 2.35. The first-order valence-corrected chi connectivity index (χ1v) is 10.3. The zero-order valence-corrected chi connectivity index (χ0v) is 17.6. The molecule has 0 aliphatic carbocycles. The number of alkyl halides is 3. The number of aromatic nitrogens is 3. The van der Waals surface area contributed by atoms with Crippen LogP contribution in [0.25, 0.3) is 11.3 Å². The van der Waals surface area contributed by atoms with E-state index < -0.39 is 17.6 Å². The van der Waals surface area contributed by atoms with Crippen molar-refractivity contribution in [3.8, 4) is 11.3 Å². The Morgan fingerprint density at radius 3 is 2.55 bits per heavy atom. The second-order valence-corrected chi connectivity index (χ2v) is 7.68. The molecule has 0 bridgehead atoms. The summed E-state index contributed by atoms with van der Waals surface area (Å²) in [6.07, 6.45) is 2.70. The summed E-state index contributed by atoms with van der Waals surface area (Å²) in [5, 5.41) is 2.75. The normalized spacial score (nSPS) is 14.2. The van der Waals surface area contributed by atoms with Crippen molar-refractivity contribution in [2.45, 2.75) is 25.4 Å². The topological polar surface area (TPSA) is 123 Å². The molecule has 0 saturated carbocycles. The van der Waals surface area contributed by atoms with Crippen LogP contribution in [-0.4, -0.2) is 33.9 Å². The molecule has 4 rings (SSSR count). The van der Waals surface area contributed by atoms with Gasteiger partial charge < -0.3 is 21.7 Å². The van der Waals surface area contributed by atoms with Crippen molar-refractivity contribution in [3.63, 3.8) is 0 Å². The number of carbonyl (C=O) groups is 1. The number of carbonyl (C=O) groups excluding carboxylic acids is 1. The lowest BCUT2D eigenvalue weighted by Gasteiger charge is -2.30. The molecule has 0 unspecified atom stereocenters. The summed E-state index contributed by atoms with van der Waals surface area (Å²) in [4.78, 5) is 27.2. The summed E-state index contributed by atoms with van der Waals surface area (Å²) >= 11 is 0. The first kappa shape index (κ1) is 22.3. The van der Waals surface area contributed by atoms with Crippen molar-refractivity contribution < 1.29 is 18.0 Å². The molecule has 8 nitrogen and oxygen atoms in total. The molecule has 3 aromatic heterocycles. The van der Waals surface area contributed by atoms with E-state index in [9.17, 15) is 18.0 Å². The highest BCUT2D eigenvalue weighted by molar-refractivity contribution is 6.08. The summed E-state index contributed by atoms with van der Waals surface area (Å²) in [5.74, 6) is -0.932. The van der Waals surface area contributed by atoms with Crippen molar-refractivity contribution in [3.05, 3.63) is 54.1 Å². The zero-order valence-electron chi connectivity index (χ0n) is 17.6. The lowest BCUT2D eigenvalue weighted by molar-refractivity contribution is -0.137. The second kappa shape index (κ2) is 8.93. The molecule has 5 N–H and O–H groups in total. The van der Waals surface area contributed by atoms with Gasteiger partial charge in [-0.25, -0.2) is 9.97 Å². The molecule has 172 valence electrons. The van der Waals surface area contributed by atoms with Crippen molar-refractivity contribution in [1.82, 2.24) is 15.0 Å². The van der Waals surface area contributed by atoms with Gasteiger partial charge >= 0.3 is 6.18 Å². The largest absolute Gasteiger partial charge is 0.417 e. The lowest BCUT2D eigenvalue weighted by atomic mass is 10.1. The summed E-state index contributed by atoms with van der Waals surface area (Å²) in [6.45, 7) is 1.71. The summed E-state index contributed by atoms with van der Waals surface area (Å²) in [7, 11) is 0. The van der Waals surface area contributed by atoms with E-state index in [-0.39, 0.29) is 28.5 Å². The minimum Gasteiger partial charge on any atom is -0.397 e. The van der Waals surface area contributed by atoms with Crippen LogP contribution in [0.4, 0.5) is 36.1 Å². The highest BCUT2D eigenvalue weighted by Crippen LogP contribution is 2.37. The van der Waals surface area contributed by atoms with Gasteiger partial charge in [-0.2, -0.15) is 13.2 Å². The van der Waals surface area contributed by atoms with Crippen molar-refractivity contribution >= 4 is 28.8 Å². The lowest BCUT2D eigenvalue weighted by Crippen LogP contribution is -2.30. The zero-order chi connectivity index (χ0) is 23.6. The van der Waals surface area contributed by atoms with Crippen LogP contribution >= 0.6 is 0 Å². The highest BCUT2D eigenvalue weighted by atomic mass is 19.4. The Morgan fingerprint density at radius 2 is 1.82 bits per heavy atom. The number of pyridine rings is 3. The molecule has 1 aliphatic rings. The number of halogens is 3. The third kappa shape index (κ3) is 4.81. The van der Waals surface area contributed by atoms with Gasteiger partial charge in [0.2, 0.25) is 0 Å². The van der Waals surface area contributed by atoms with Crippen LogP contribution in [-0.2, 0) is 6.18 Å². The van der Waals surface area contributed by atoms with Crippen molar-refractivity contribution in [1.29, 1.82) is 0 Å². The van der Waals surface area contributed by atoms with Gasteiger partial charge in [-0.3, -0.25) is 9.78 Å². The summed E-state index contributed by atoms with van der Waals surface area (Å²) in [5.41, 5.74) is 11.1. The number of hydrogen-bond acceptors (Lipinski definition) is 7. The molecule has 4 heterocycles. The van der Waals surface area contributed by atoms with Gasteiger partial charge in [-0.15, -0.1) is 0 Å². The van der Waals surface area contributed by atoms with Gasteiger partial charge in [-0.05, 0) is 43.5 Å². The van der Waals surface area contributed by atoms with E-state index in [1.807, 2.05) is 6.07 Å². The molecule has 0 spiro atoms. The number of nitrogens with zero attached hydrogens (tertiary/aromatic N) is 4. The third-order valence-electron chi connectivity index (χ3n) is 5.39. The van der Waals surface area contributed by atoms with Gasteiger partial charge in [0.05, 0.1) is 34.5 Å². The van der Waals surface area contributed by atoms with Crippen molar-refractivity contribution in [2.75, 3.05) is 34.8 Å². The number of nitrogens with one attached hydrogen (secondary N) is 1. The van der Waals surface area contributed by atoms with Crippen LogP contribution in [0.2, 0.25) is 0 Å². The van der Waals surface area contributed by atoms with E-state index in [0.717, 1.165) is 50.3 Å². The number of amides is 1. The van der Waals surface area contributed by atoms with E-state index in [1.54, 1.807) is 6.20 Å². The molecule has 3 aromatic rings. The average Bonchev–Trinajstić information content (AvgIpc) is 2.80. The van der Waals surface area contributed by atoms with Crippen LogP contribution in [0.3, 0.4) is 0 Å². The Morgan fingerprint density at radius 1 is 1.06 bits per heavy atom. The van der Waals surface area contributed by atoms with Crippen LogP contribution in [0.5, 0.6) is 0 Å². The van der Waals surface area contributed by atoms with Crippen LogP contribution in [0, 0.1) is 0 Å². The number of rotatable bonds is 4. The fourth-order valence-corrected chi connectivity index (χ4v) is 3.79. The number of nitrogen functional groups attached to an aromatic ring is 2. The molecule has 0 radical (unpaired) electrons. The molecule has 1 saturated heterocycles. The van der Waals surface area contributed by atoms with Crippen molar-refractivity contribution in [2.24, 2.45) is 0 Å². The van der Waals surface area contributed by atoms with E-state index in [4.69, 9.17) is 11.5 Å². The Labute approximate surface area is 187 Å². The number of hydrogen-bond donors (Lipinski definition) is 3.